The highest BCUT2D eigenvalue weighted by molar-refractivity contribution is 6.10. The van der Waals surface area contributed by atoms with Crippen LogP contribution < -0.4 is 20.0 Å². The Labute approximate surface area is 183 Å². The van der Waals surface area contributed by atoms with Crippen LogP contribution in [0.5, 0.6) is 0 Å². The van der Waals surface area contributed by atoms with Crippen LogP contribution in [0.4, 0.5) is 23.1 Å². The zero-order valence-corrected chi connectivity index (χ0v) is 18.4. The lowest BCUT2D eigenvalue weighted by Crippen LogP contribution is -2.44. The molecule has 31 heavy (non-hydrogen) atoms. The number of hydrogen-bond donors (Lipinski definition) is 1. The molecule has 0 spiro atoms. The minimum Gasteiger partial charge on any atom is -0.369 e. The van der Waals surface area contributed by atoms with Crippen molar-refractivity contribution >= 4 is 29.0 Å². The fourth-order valence-electron chi connectivity index (χ4n) is 4.87. The molecule has 0 aliphatic carbocycles. The van der Waals surface area contributed by atoms with E-state index in [2.05, 4.69) is 56.3 Å². The molecule has 1 aromatic heterocycles. The van der Waals surface area contributed by atoms with Gasteiger partial charge in [-0.25, -0.2) is 4.98 Å². The summed E-state index contributed by atoms with van der Waals surface area (Å²) in [7, 11) is 2.16. The number of fused-ring (bicyclic) bond motifs is 3. The third-order valence-electron chi connectivity index (χ3n) is 6.63. The second-order valence-corrected chi connectivity index (χ2v) is 8.68. The molecule has 1 N–H and O–H groups in total. The van der Waals surface area contributed by atoms with Gasteiger partial charge in [-0.05, 0) is 45.0 Å². The third-order valence-corrected chi connectivity index (χ3v) is 6.63. The average molecular weight is 422 g/mol. The number of nitrogens with zero attached hydrogens (tertiary/aromatic N) is 6. The van der Waals surface area contributed by atoms with E-state index in [1.165, 1.54) is 5.69 Å². The molecule has 8 nitrogen and oxygen atoms in total. The monoisotopic (exact) mass is 421 g/mol. The predicted molar refractivity (Wildman–Crippen MR) is 124 cm³/mol. The number of amides is 1. The van der Waals surface area contributed by atoms with E-state index in [0.717, 1.165) is 63.6 Å². The standard InChI is InChI=1S/C23H31N7O/c1-3-24-23-25-15-20-21(26-23)29-9-5-8-19(29)16-30(22(20)31)18-7-4-6-17(14-18)28-12-10-27(2)11-13-28/h4,6-7,14-15,19H,3,5,8-13,16H2,1-2H3,(H,24,25,26)/t19-/m0/s1. The largest absolute Gasteiger partial charge is 0.369 e. The molecule has 1 atom stereocenters. The van der Waals surface area contributed by atoms with Gasteiger partial charge in [0.25, 0.3) is 5.91 Å². The minimum absolute atomic E-state index is 0.0111. The van der Waals surface area contributed by atoms with Crippen LogP contribution in [-0.4, -0.2) is 79.7 Å². The molecule has 3 aliphatic rings. The molecule has 5 rings (SSSR count). The normalized spacial score (nSPS) is 21.7. The van der Waals surface area contributed by atoms with Crippen LogP contribution in [0.25, 0.3) is 0 Å². The molecule has 1 amide bonds. The Hall–Kier alpha value is -2.87. The van der Waals surface area contributed by atoms with Crippen molar-refractivity contribution in [2.75, 3.05) is 72.9 Å². The molecule has 2 saturated heterocycles. The van der Waals surface area contributed by atoms with E-state index in [9.17, 15) is 4.79 Å². The van der Waals surface area contributed by atoms with Crippen molar-refractivity contribution in [3.63, 3.8) is 0 Å². The van der Waals surface area contributed by atoms with Crippen LogP contribution in [-0.2, 0) is 0 Å². The third kappa shape index (κ3) is 3.80. The van der Waals surface area contributed by atoms with Gasteiger partial charge in [-0.2, -0.15) is 4.98 Å². The van der Waals surface area contributed by atoms with Crippen molar-refractivity contribution < 1.29 is 4.79 Å². The lowest BCUT2D eigenvalue weighted by molar-refractivity contribution is 0.0988. The van der Waals surface area contributed by atoms with Crippen LogP contribution in [0.2, 0.25) is 0 Å². The number of carbonyl (C=O) groups excluding carboxylic acids is 1. The second kappa shape index (κ2) is 8.34. The van der Waals surface area contributed by atoms with Crippen LogP contribution in [0.1, 0.15) is 30.1 Å². The fraction of sp³-hybridized carbons (Fsp3) is 0.522. The van der Waals surface area contributed by atoms with Gasteiger partial charge in [-0.1, -0.05) is 6.07 Å². The number of piperazine rings is 1. The lowest BCUT2D eigenvalue weighted by Gasteiger charge is -2.34. The van der Waals surface area contributed by atoms with Crippen LogP contribution in [0.3, 0.4) is 0 Å². The first kappa shape index (κ1) is 20.1. The molecule has 1 aromatic carbocycles. The predicted octanol–water partition coefficient (Wildman–Crippen LogP) is 2.29. The molecule has 0 radical (unpaired) electrons. The summed E-state index contributed by atoms with van der Waals surface area (Å²) < 4.78 is 0. The Balaban J connectivity index is 1.49. The van der Waals surface area contributed by atoms with E-state index in [4.69, 9.17) is 4.98 Å². The summed E-state index contributed by atoms with van der Waals surface area (Å²) in [5.74, 6) is 1.35. The maximum absolute atomic E-state index is 13.6. The lowest BCUT2D eigenvalue weighted by atomic mass is 10.1. The van der Waals surface area contributed by atoms with Crippen LogP contribution in [0.15, 0.2) is 30.5 Å². The van der Waals surface area contributed by atoms with Crippen molar-refractivity contribution in [1.29, 1.82) is 0 Å². The Bertz CT molecular complexity index is 957. The zero-order chi connectivity index (χ0) is 21.4. The summed E-state index contributed by atoms with van der Waals surface area (Å²) in [5, 5.41) is 3.18. The van der Waals surface area contributed by atoms with E-state index in [1.807, 2.05) is 11.8 Å². The minimum atomic E-state index is -0.0111. The molecule has 4 heterocycles. The summed E-state index contributed by atoms with van der Waals surface area (Å²) in [5.41, 5.74) is 2.73. The first-order chi connectivity index (χ1) is 15.1. The molecular weight excluding hydrogens is 390 g/mol. The average Bonchev–Trinajstić information content (AvgIpc) is 3.22. The number of likely N-dealkylation sites (N-methyl/N-ethyl adjacent to an activating group) is 1. The second-order valence-electron chi connectivity index (χ2n) is 8.68. The Morgan fingerprint density at radius 1 is 1.13 bits per heavy atom. The van der Waals surface area contributed by atoms with Crippen molar-refractivity contribution in [3.8, 4) is 0 Å². The summed E-state index contributed by atoms with van der Waals surface area (Å²) in [4.78, 5) is 31.8. The molecule has 164 valence electrons. The van der Waals surface area contributed by atoms with Gasteiger partial charge >= 0.3 is 0 Å². The van der Waals surface area contributed by atoms with Crippen LogP contribution >= 0.6 is 0 Å². The Kier molecular flexibility index (Phi) is 5.40. The number of hydrogen-bond acceptors (Lipinski definition) is 7. The highest BCUT2D eigenvalue weighted by atomic mass is 16.2. The van der Waals surface area contributed by atoms with E-state index in [-0.39, 0.29) is 11.9 Å². The number of anilines is 4. The highest BCUT2D eigenvalue weighted by Gasteiger charge is 2.37. The fourth-order valence-corrected chi connectivity index (χ4v) is 4.87. The first-order valence-corrected chi connectivity index (χ1v) is 11.4. The van der Waals surface area contributed by atoms with Gasteiger partial charge in [0, 0.05) is 69.4 Å². The molecule has 2 fully saturated rings. The molecule has 0 saturated carbocycles. The molecule has 0 unspecified atom stereocenters. The Morgan fingerprint density at radius 3 is 2.74 bits per heavy atom. The van der Waals surface area contributed by atoms with Gasteiger partial charge in [-0.3, -0.25) is 4.79 Å². The molecule has 8 heteroatoms. The van der Waals surface area contributed by atoms with Crippen LogP contribution in [0, 0.1) is 0 Å². The van der Waals surface area contributed by atoms with E-state index >= 15 is 0 Å². The van der Waals surface area contributed by atoms with Crippen molar-refractivity contribution in [3.05, 3.63) is 36.0 Å². The number of nitrogens with one attached hydrogen (secondary N) is 1. The van der Waals surface area contributed by atoms with Gasteiger partial charge in [0.15, 0.2) is 0 Å². The highest BCUT2D eigenvalue weighted by Crippen LogP contribution is 2.35. The van der Waals surface area contributed by atoms with Gasteiger partial charge in [-0.15, -0.1) is 0 Å². The van der Waals surface area contributed by atoms with Crippen molar-refractivity contribution in [2.45, 2.75) is 25.8 Å². The summed E-state index contributed by atoms with van der Waals surface area (Å²) in [6.45, 7) is 8.52. The van der Waals surface area contributed by atoms with Gasteiger partial charge in [0.2, 0.25) is 5.95 Å². The van der Waals surface area contributed by atoms with E-state index in [0.29, 0.717) is 18.1 Å². The Morgan fingerprint density at radius 2 is 1.94 bits per heavy atom. The maximum atomic E-state index is 13.6. The topological polar surface area (TPSA) is 67.8 Å². The summed E-state index contributed by atoms with van der Waals surface area (Å²) >= 11 is 0. The van der Waals surface area contributed by atoms with Gasteiger partial charge in [0.1, 0.15) is 11.4 Å². The molecule has 3 aliphatic heterocycles. The SMILES string of the molecule is CCNc1ncc2c(n1)N1CCC[C@H]1CN(c1cccc(N3CCN(C)CC3)c1)C2=O. The number of carbonyl (C=O) groups is 1. The number of rotatable bonds is 4. The van der Waals surface area contributed by atoms with Crippen molar-refractivity contribution in [1.82, 2.24) is 14.9 Å². The van der Waals surface area contributed by atoms with Gasteiger partial charge in [0.05, 0.1) is 0 Å². The first-order valence-electron chi connectivity index (χ1n) is 11.4. The summed E-state index contributed by atoms with van der Waals surface area (Å²) in [6.07, 6.45) is 3.89. The summed E-state index contributed by atoms with van der Waals surface area (Å²) in [6, 6.07) is 8.72. The number of aromatic nitrogens is 2. The quantitative estimate of drug-likeness (QED) is 0.812. The maximum Gasteiger partial charge on any atom is 0.263 e. The molecule has 0 bridgehead atoms. The smallest absolute Gasteiger partial charge is 0.263 e. The zero-order valence-electron chi connectivity index (χ0n) is 18.4. The molecule has 2 aromatic rings. The van der Waals surface area contributed by atoms with E-state index < -0.39 is 0 Å². The van der Waals surface area contributed by atoms with Gasteiger partial charge < -0.3 is 24.9 Å². The van der Waals surface area contributed by atoms with E-state index in [1.54, 1.807) is 6.20 Å². The molecular formula is C23H31N7O. The van der Waals surface area contributed by atoms with Crippen molar-refractivity contribution in [2.24, 2.45) is 0 Å². The number of benzene rings is 1.